The van der Waals surface area contributed by atoms with Crippen LogP contribution < -0.4 is 0 Å². The summed E-state index contributed by atoms with van der Waals surface area (Å²) >= 11 is 0. The average molecular weight is 352 g/mol. The van der Waals surface area contributed by atoms with Gasteiger partial charge in [-0.3, -0.25) is 9.97 Å². The van der Waals surface area contributed by atoms with E-state index in [0.29, 0.717) is 0 Å². The molecule has 2 aromatic heterocycles. The molecular weight excluding hydrogens is 328 g/mol. The highest BCUT2D eigenvalue weighted by atomic mass is 14.7. The molecule has 4 aromatic rings. The van der Waals surface area contributed by atoms with Crippen molar-refractivity contribution in [1.29, 1.82) is 0 Å². The van der Waals surface area contributed by atoms with Gasteiger partial charge in [-0.2, -0.15) is 0 Å². The van der Waals surface area contributed by atoms with E-state index >= 15 is 0 Å². The van der Waals surface area contributed by atoms with Crippen molar-refractivity contribution in [2.75, 3.05) is 0 Å². The van der Waals surface area contributed by atoms with Gasteiger partial charge < -0.3 is 0 Å². The molecule has 0 aliphatic heterocycles. The van der Waals surface area contributed by atoms with Crippen LogP contribution in [0, 0.1) is 0 Å². The van der Waals surface area contributed by atoms with E-state index in [9.17, 15) is 0 Å². The van der Waals surface area contributed by atoms with Crippen LogP contribution in [0.15, 0.2) is 55.0 Å². The van der Waals surface area contributed by atoms with E-state index < -0.39 is 0 Å². The Morgan fingerprint density at radius 2 is 1.59 bits per heavy atom. The second-order valence-corrected chi connectivity index (χ2v) is 9.28. The normalized spacial score (nSPS) is 15.1. The Kier molecular flexibility index (Phi) is 3.14. The fourth-order valence-electron chi connectivity index (χ4n) is 4.44. The maximum absolute atomic E-state index is 4.82. The highest BCUT2D eigenvalue weighted by Crippen LogP contribution is 2.49. The maximum Gasteiger partial charge on any atom is 0.0786 e. The summed E-state index contributed by atoms with van der Waals surface area (Å²) in [6, 6.07) is 13.6. The Hall–Kier alpha value is -2.74. The monoisotopic (exact) mass is 352 g/mol. The first kappa shape index (κ1) is 16.4. The molecule has 0 bridgehead atoms. The van der Waals surface area contributed by atoms with Crippen LogP contribution in [0.1, 0.15) is 51.3 Å². The molecule has 0 atom stereocenters. The summed E-state index contributed by atoms with van der Waals surface area (Å²) in [5.41, 5.74) is 6.48. The molecule has 0 amide bonds. The molecule has 27 heavy (non-hydrogen) atoms. The van der Waals surface area contributed by atoms with Crippen molar-refractivity contribution < 1.29 is 0 Å². The van der Waals surface area contributed by atoms with Gasteiger partial charge in [0.05, 0.1) is 5.69 Å². The predicted molar refractivity (Wildman–Crippen MR) is 113 cm³/mol. The highest BCUT2D eigenvalue weighted by Gasteiger charge is 2.35. The lowest BCUT2D eigenvalue weighted by molar-refractivity contribution is 0.584. The van der Waals surface area contributed by atoms with Crippen molar-refractivity contribution in [1.82, 2.24) is 9.97 Å². The first-order valence-electron chi connectivity index (χ1n) is 9.59. The number of benzene rings is 2. The van der Waals surface area contributed by atoms with Gasteiger partial charge in [0.15, 0.2) is 0 Å². The molecule has 0 saturated heterocycles. The Balaban J connectivity index is 1.96. The zero-order valence-electron chi connectivity index (χ0n) is 16.6. The summed E-state index contributed by atoms with van der Waals surface area (Å²) in [5.74, 6) is 0. The second kappa shape index (κ2) is 5.16. The predicted octanol–water partition coefficient (Wildman–Crippen LogP) is 6.39. The molecule has 2 heteroatoms. The number of hydrogen-bond donors (Lipinski definition) is 0. The van der Waals surface area contributed by atoms with Crippen LogP contribution in [-0.2, 0) is 10.8 Å². The van der Waals surface area contributed by atoms with E-state index in [1.165, 1.54) is 43.8 Å². The minimum Gasteiger partial charge on any atom is -0.264 e. The van der Waals surface area contributed by atoms with Crippen LogP contribution in [0.2, 0.25) is 0 Å². The lowest BCUT2D eigenvalue weighted by atomic mass is 9.68. The van der Waals surface area contributed by atoms with Crippen molar-refractivity contribution in [3.63, 3.8) is 0 Å². The molecular formula is C25H24N2. The largest absolute Gasteiger partial charge is 0.264 e. The summed E-state index contributed by atoms with van der Waals surface area (Å²) in [6.45, 7) is 11.5. The average Bonchev–Trinajstić information content (AvgIpc) is 2.64. The molecule has 2 aromatic carbocycles. The third-order valence-corrected chi connectivity index (χ3v) is 6.11. The minimum absolute atomic E-state index is 0.0810. The fraction of sp³-hybridized carbons (Fsp3) is 0.280. The van der Waals surface area contributed by atoms with E-state index in [-0.39, 0.29) is 10.8 Å². The topological polar surface area (TPSA) is 25.8 Å². The minimum atomic E-state index is -0.0810. The summed E-state index contributed by atoms with van der Waals surface area (Å²) in [6.07, 6.45) is 5.76. The van der Waals surface area contributed by atoms with E-state index in [1.54, 1.807) is 0 Å². The summed E-state index contributed by atoms with van der Waals surface area (Å²) < 4.78 is 0. The van der Waals surface area contributed by atoms with Crippen LogP contribution in [0.5, 0.6) is 0 Å². The van der Waals surface area contributed by atoms with Gasteiger partial charge in [0.2, 0.25) is 0 Å². The van der Waals surface area contributed by atoms with Crippen molar-refractivity contribution in [3.8, 4) is 11.3 Å². The van der Waals surface area contributed by atoms with Crippen LogP contribution in [0.25, 0.3) is 32.8 Å². The number of hydrogen-bond acceptors (Lipinski definition) is 2. The van der Waals surface area contributed by atoms with Gasteiger partial charge in [0.1, 0.15) is 0 Å². The molecule has 1 aliphatic rings. The zero-order valence-corrected chi connectivity index (χ0v) is 16.6. The Morgan fingerprint density at radius 3 is 2.37 bits per heavy atom. The first-order chi connectivity index (χ1) is 12.8. The number of nitrogens with zero attached hydrogens (tertiary/aromatic N) is 2. The third-order valence-electron chi connectivity index (χ3n) is 6.11. The fourth-order valence-corrected chi connectivity index (χ4v) is 4.44. The molecule has 1 aliphatic carbocycles. The first-order valence-corrected chi connectivity index (χ1v) is 9.59. The van der Waals surface area contributed by atoms with Gasteiger partial charge in [-0.1, -0.05) is 46.8 Å². The third kappa shape index (κ3) is 2.26. The molecule has 0 saturated carbocycles. The molecule has 2 nitrogen and oxygen atoms in total. The van der Waals surface area contributed by atoms with Crippen molar-refractivity contribution in [2.45, 2.75) is 45.4 Å². The van der Waals surface area contributed by atoms with Gasteiger partial charge in [-0.15, -0.1) is 0 Å². The maximum atomic E-state index is 4.82. The quantitative estimate of drug-likeness (QED) is 0.366. The number of aromatic nitrogens is 2. The van der Waals surface area contributed by atoms with Crippen molar-refractivity contribution in [3.05, 3.63) is 71.7 Å². The van der Waals surface area contributed by atoms with Crippen LogP contribution in [-0.4, -0.2) is 9.97 Å². The Morgan fingerprint density at radius 1 is 0.815 bits per heavy atom. The van der Waals surface area contributed by atoms with Crippen molar-refractivity contribution in [2.24, 2.45) is 0 Å². The molecule has 134 valence electrons. The van der Waals surface area contributed by atoms with E-state index in [1.807, 2.05) is 18.6 Å². The molecule has 0 fully saturated rings. The lowest BCUT2D eigenvalue weighted by Gasteiger charge is -2.36. The molecule has 0 spiro atoms. The number of fused-ring (bicyclic) bond motifs is 3. The molecule has 0 radical (unpaired) electrons. The number of rotatable bonds is 0. The molecule has 0 unspecified atom stereocenters. The van der Waals surface area contributed by atoms with E-state index in [2.05, 4.69) is 76.0 Å². The SMILES string of the molecule is CC(C)(C)c1cc2c3c(nccc3c1)-c1cc3cnccc3cc1C2(C)C. The van der Waals surface area contributed by atoms with Crippen LogP contribution in [0.3, 0.4) is 0 Å². The van der Waals surface area contributed by atoms with Crippen LogP contribution >= 0.6 is 0 Å². The smallest absolute Gasteiger partial charge is 0.0786 e. The summed E-state index contributed by atoms with van der Waals surface area (Å²) in [5, 5.41) is 4.98. The van der Waals surface area contributed by atoms with Gasteiger partial charge in [0.25, 0.3) is 0 Å². The van der Waals surface area contributed by atoms with Gasteiger partial charge >= 0.3 is 0 Å². The summed E-state index contributed by atoms with van der Waals surface area (Å²) in [7, 11) is 0. The number of pyridine rings is 2. The van der Waals surface area contributed by atoms with Gasteiger partial charge in [0, 0.05) is 40.3 Å². The second-order valence-electron chi connectivity index (χ2n) is 9.28. The Labute approximate surface area is 160 Å². The van der Waals surface area contributed by atoms with Gasteiger partial charge in [-0.05, 0) is 57.1 Å². The molecule has 5 rings (SSSR count). The molecule has 0 N–H and O–H groups in total. The van der Waals surface area contributed by atoms with Crippen LogP contribution in [0.4, 0.5) is 0 Å². The lowest BCUT2D eigenvalue weighted by Crippen LogP contribution is -2.25. The highest BCUT2D eigenvalue weighted by molar-refractivity contribution is 6.04. The zero-order chi connectivity index (χ0) is 19.0. The van der Waals surface area contributed by atoms with Gasteiger partial charge in [-0.25, -0.2) is 0 Å². The van der Waals surface area contributed by atoms with E-state index in [4.69, 9.17) is 4.98 Å². The van der Waals surface area contributed by atoms with E-state index in [0.717, 1.165) is 5.69 Å². The Bertz CT molecular complexity index is 1230. The summed E-state index contributed by atoms with van der Waals surface area (Å²) in [4.78, 5) is 9.13. The standard InChI is InChI=1S/C25H24N2/c1-24(2,3)18-10-16-7-9-27-23-19-11-17-14-26-8-6-15(17)12-20(19)25(4,5)21(13-18)22(16)23/h6-14H,1-5H3. The molecule has 2 heterocycles. The van der Waals surface area contributed by atoms with Crippen molar-refractivity contribution >= 4 is 21.5 Å².